The molecule has 2 aliphatic rings. The molecular weight excluding hydrogens is 298 g/mol. The van der Waals surface area contributed by atoms with E-state index < -0.39 is 0 Å². The van der Waals surface area contributed by atoms with E-state index in [9.17, 15) is 0 Å². The molecule has 0 amide bonds. The van der Waals surface area contributed by atoms with Crippen molar-refractivity contribution < 1.29 is 0 Å². The van der Waals surface area contributed by atoms with E-state index in [4.69, 9.17) is 15.7 Å². The smallest absolute Gasteiger partial charge is 0.0625 e. The topological polar surface area (TPSA) is 0 Å². The molecule has 0 aliphatic heterocycles. The average molecular weight is 332 g/mol. The molecule has 1 aromatic carbocycles. The summed E-state index contributed by atoms with van der Waals surface area (Å²) in [5.41, 5.74) is 4.25. The minimum Gasteiger partial charge on any atom is -0.0625 e. The molecule has 0 nitrogen and oxygen atoms in total. The Labute approximate surface area is 158 Å². The highest BCUT2D eigenvalue weighted by atomic mass is 14.4. The van der Waals surface area contributed by atoms with E-state index >= 15 is 0 Å². The highest BCUT2D eigenvalue weighted by Gasteiger charge is 2.39. The van der Waals surface area contributed by atoms with Gasteiger partial charge in [-0.2, -0.15) is 0 Å². The van der Waals surface area contributed by atoms with Crippen LogP contribution in [0.4, 0.5) is 0 Å². The van der Waals surface area contributed by atoms with Gasteiger partial charge in [-0.25, -0.2) is 0 Å². The van der Waals surface area contributed by atoms with E-state index in [2.05, 4.69) is 45.9 Å². The highest BCUT2D eigenvalue weighted by Crippen LogP contribution is 2.48. The minimum atomic E-state index is -0.193. The van der Waals surface area contributed by atoms with Crippen molar-refractivity contribution in [3.63, 3.8) is 0 Å². The standard InChI is InChI=1S/C23H34B2/c1-17-10-9-15-23(25,16-17)19-12-8-11-18(20(19)21(2,3)4)22(24)13-6-5-7-14-22/h8,11-12,17H,5-7,9-10,13-16H2,1-4H3. The zero-order valence-electron chi connectivity index (χ0n) is 16.8. The van der Waals surface area contributed by atoms with Crippen molar-refractivity contribution in [3.05, 3.63) is 34.9 Å². The molecule has 2 heteroatoms. The molecule has 0 bridgehead atoms. The first kappa shape index (κ1) is 19.1. The summed E-state index contributed by atoms with van der Waals surface area (Å²) in [7, 11) is 14.1. The number of hydrogen-bond donors (Lipinski definition) is 0. The third kappa shape index (κ3) is 3.74. The second-order valence-electron chi connectivity index (χ2n) is 10.1. The zero-order chi connectivity index (χ0) is 18.3. The molecule has 0 spiro atoms. The van der Waals surface area contributed by atoms with Crippen LogP contribution in [0, 0.1) is 5.92 Å². The monoisotopic (exact) mass is 332 g/mol. The van der Waals surface area contributed by atoms with Gasteiger partial charge in [-0.15, -0.1) is 0 Å². The molecule has 0 heterocycles. The second kappa shape index (κ2) is 6.82. The molecule has 2 saturated carbocycles. The van der Waals surface area contributed by atoms with E-state index in [1.165, 1.54) is 48.8 Å². The van der Waals surface area contributed by atoms with Crippen LogP contribution in [-0.4, -0.2) is 15.7 Å². The minimum absolute atomic E-state index is 0.0583. The Morgan fingerprint density at radius 2 is 1.44 bits per heavy atom. The van der Waals surface area contributed by atoms with E-state index in [-0.39, 0.29) is 16.0 Å². The van der Waals surface area contributed by atoms with Crippen LogP contribution in [-0.2, 0) is 16.0 Å². The molecule has 2 unspecified atom stereocenters. The second-order valence-corrected chi connectivity index (χ2v) is 10.1. The SMILES string of the molecule is [B]C1(c2cccc(C3([B])CCCC(C)C3)c2C(C)(C)C)CCCCC1. The van der Waals surface area contributed by atoms with Gasteiger partial charge in [0, 0.05) is 0 Å². The van der Waals surface area contributed by atoms with Crippen LogP contribution in [0.5, 0.6) is 0 Å². The molecule has 2 aliphatic carbocycles. The third-order valence-corrected chi connectivity index (χ3v) is 6.67. The van der Waals surface area contributed by atoms with Crippen molar-refractivity contribution in [2.24, 2.45) is 5.92 Å². The first-order valence-corrected chi connectivity index (χ1v) is 10.4. The van der Waals surface area contributed by atoms with Crippen molar-refractivity contribution in [1.29, 1.82) is 0 Å². The molecule has 0 saturated heterocycles. The molecule has 2 fully saturated rings. The Morgan fingerprint density at radius 1 is 0.880 bits per heavy atom. The maximum Gasteiger partial charge on any atom is 0.0810 e. The van der Waals surface area contributed by atoms with Crippen LogP contribution in [0.3, 0.4) is 0 Å². The van der Waals surface area contributed by atoms with Gasteiger partial charge < -0.3 is 0 Å². The van der Waals surface area contributed by atoms with Gasteiger partial charge in [-0.05, 0) is 45.1 Å². The summed E-state index contributed by atoms with van der Waals surface area (Å²) < 4.78 is 0. The maximum absolute atomic E-state index is 7.07. The van der Waals surface area contributed by atoms with E-state index in [0.717, 1.165) is 25.7 Å². The summed E-state index contributed by atoms with van der Waals surface area (Å²) in [6.07, 6.45) is 10.8. The Kier molecular flexibility index (Phi) is 5.22. The predicted molar refractivity (Wildman–Crippen MR) is 111 cm³/mol. The van der Waals surface area contributed by atoms with E-state index in [0.29, 0.717) is 5.92 Å². The first-order chi connectivity index (χ1) is 11.7. The lowest BCUT2D eigenvalue weighted by Crippen LogP contribution is -2.39. The normalized spacial score (nSPS) is 30.2. The van der Waals surface area contributed by atoms with Crippen LogP contribution in [0.2, 0.25) is 0 Å². The largest absolute Gasteiger partial charge is 0.0810 e. The summed E-state index contributed by atoms with van der Waals surface area (Å²) in [6, 6.07) is 6.82. The van der Waals surface area contributed by atoms with Crippen LogP contribution in [0.15, 0.2) is 18.2 Å². The molecule has 4 radical (unpaired) electrons. The summed E-state index contributed by atoms with van der Waals surface area (Å²) >= 11 is 0. The van der Waals surface area contributed by atoms with E-state index in [1.807, 2.05) is 0 Å². The predicted octanol–water partition coefficient (Wildman–Crippen LogP) is 5.89. The molecule has 132 valence electrons. The summed E-state index contributed by atoms with van der Waals surface area (Å²) in [4.78, 5) is 0. The summed E-state index contributed by atoms with van der Waals surface area (Å²) in [5, 5.41) is -0.366. The van der Waals surface area contributed by atoms with Crippen LogP contribution in [0.25, 0.3) is 0 Å². The van der Waals surface area contributed by atoms with Crippen LogP contribution >= 0.6 is 0 Å². The lowest BCUT2D eigenvalue weighted by atomic mass is 9.50. The van der Waals surface area contributed by atoms with Crippen molar-refractivity contribution in [1.82, 2.24) is 0 Å². The zero-order valence-corrected chi connectivity index (χ0v) is 16.8. The van der Waals surface area contributed by atoms with Crippen LogP contribution in [0.1, 0.15) is 102 Å². The maximum atomic E-state index is 7.07. The first-order valence-electron chi connectivity index (χ1n) is 10.4. The van der Waals surface area contributed by atoms with Crippen molar-refractivity contribution in [2.75, 3.05) is 0 Å². The quantitative estimate of drug-likeness (QED) is 0.593. The molecule has 1 aromatic rings. The molecule has 2 atom stereocenters. The molecule has 0 N–H and O–H groups in total. The fourth-order valence-corrected chi connectivity index (χ4v) is 5.48. The highest BCUT2D eigenvalue weighted by molar-refractivity contribution is 6.17. The van der Waals surface area contributed by atoms with Crippen LogP contribution < -0.4 is 0 Å². The van der Waals surface area contributed by atoms with Gasteiger partial charge in [-0.1, -0.05) is 97.3 Å². The fourth-order valence-electron chi connectivity index (χ4n) is 5.48. The summed E-state index contributed by atoms with van der Waals surface area (Å²) in [6.45, 7) is 9.35. The Morgan fingerprint density at radius 3 is 2.00 bits per heavy atom. The van der Waals surface area contributed by atoms with Gasteiger partial charge in [-0.3, -0.25) is 0 Å². The van der Waals surface area contributed by atoms with Gasteiger partial charge in [0.15, 0.2) is 0 Å². The number of rotatable bonds is 2. The lowest BCUT2D eigenvalue weighted by molar-refractivity contribution is 0.306. The van der Waals surface area contributed by atoms with Gasteiger partial charge in [0.1, 0.15) is 0 Å². The molecule has 0 aromatic heterocycles. The molecule has 3 rings (SSSR count). The Hall–Kier alpha value is -0.650. The number of benzene rings is 1. The summed E-state index contributed by atoms with van der Waals surface area (Å²) in [5.74, 6) is 0.705. The third-order valence-electron chi connectivity index (χ3n) is 6.67. The van der Waals surface area contributed by atoms with Gasteiger partial charge >= 0.3 is 0 Å². The Balaban J connectivity index is 2.15. The van der Waals surface area contributed by atoms with Gasteiger partial charge in [0.05, 0.1) is 15.7 Å². The average Bonchev–Trinajstić information content (AvgIpc) is 2.54. The molecule has 25 heavy (non-hydrogen) atoms. The van der Waals surface area contributed by atoms with Crippen molar-refractivity contribution in [2.45, 2.75) is 102 Å². The Bertz CT molecular complexity index is 607. The lowest BCUT2D eigenvalue weighted by Gasteiger charge is -2.45. The van der Waals surface area contributed by atoms with Crippen molar-refractivity contribution in [3.8, 4) is 0 Å². The van der Waals surface area contributed by atoms with Crippen molar-refractivity contribution >= 4 is 15.7 Å². The fraction of sp³-hybridized carbons (Fsp3) is 0.739. The number of hydrogen-bond acceptors (Lipinski definition) is 0. The molecular formula is C23H34B2. The van der Waals surface area contributed by atoms with Gasteiger partial charge in [0.2, 0.25) is 0 Å². The van der Waals surface area contributed by atoms with Gasteiger partial charge in [0.25, 0.3) is 0 Å². The van der Waals surface area contributed by atoms with E-state index in [1.54, 1.807) is 0 Å².